The number of rotatable bonds is 69. The van der Waals surface area contributed by atoms with E-state index in [9.17, 15) is 0 Å². The average molecular weight is 1760 g/mol. The summed E-state index contributed by atoms with van der Waals surface area (Å²) in [6.45, 7) is 26.0. The fourth-order valence-electron chi connectivity index (χ4n) is 15.6. The first-order valence-electron chi connectivity index (χ1n) is 50.9. The van der Waals surface area contributed by atoms with Crippen molar-refractivity contribution in [2.75, 3.05) is 59.5 Å². The highest BCUT2D eigenvalue weighted by molar-refractivity contribution is 5.79. The van der Waals surface area contributed by atoms with E-state index < -0.39 is 0 Å². The molecule has 0 N–H and O–H groups in total. The van der Waals surface area contributed by atoms with Gasteiger partial charge in [0.05, 0.1) is 82.1 Å². The molecule has 0 atom stereocenters. The highest BCUT2D eigenvalue weighted by Crippen LogP contribution is 2.44. The molecule has 0 amide bonds. The Morgan fingerprint density at radius 2 is 0.285 bits per heavy atom. The molecule has 9 aromatic carbocycles. The van der Waals surface area contributed by atoms with Gasteiger partial charge in [-0.05, 0) is 234 Å². The van der Waals surface area contributed by atoms with Crippen molar-refractivity contribution >= 4 is 72.9 Å². The number of unbranched alkanes of at least 4 members (excludes halogenated alkanes) is 27. The number of ether oxygens (including phenoxy) is 9. The van der Waals surface area contributed by atoms with Gasteiger partial charge in [0.15, 0.2) is 34.5 Å². The standard InChI is InChI=1S/C121H159O9/c1-10-19-28-37-82-122-112-91-106(92-113(123-83-38-29-20-11-2)119(112)128-88-43-34-25-16-7)67-64-100-52-46-97(47-53-100)58-61-103-70-76-109(77-71-103)118(110-78-72-104(73-79-110)62-59-98-48-54-101(55-49-98)65-68-107-93-114(124-84-39-30-21-12-3)120(129-89-44-35-26-17-8)115(94-107)125-85-40-31-22-13-4)111-80-74-105(75-81-111)63-60-99-50-56-102(57-51-99)66-69-108-95-116(126-86-41-32-23-14-5)121(130-90-45-36-27-18-9)117(96-108)127-87-42-33-24-15-6/h46-81,91-96H,10-45,82-90H2,1-9H3/q+1/b61-58+,62-59+,63-60+,67-64+,68-65+,69-66+. The van der Waals surface area contributed by atoms with Crippen molar-refractivity contribution in [2.45, 2.75) is 293 Å². The predicted molar refractivity (Wildman–Crippen MR) is 559 cm³/mol. The maximum Gasteiger partial charge on any atom is 0.203 e. The van der Waals surface area contributed by atoms with Crippen LogP contribution in [0.5, 0.6) is 51.7 Å². The second-order valence-corrected chi connectivity index (χ2v) is 35.0. The molecule has 9 nitrogen and oxygen atoms in total. The van der Waals surface area contributed by atoms with Crippen LogP contribution in [-0.2, 0) is 0 Å². The van der Waals surface area contributed by atoms with Gasteiger partial charge in [0.25, 0.3) is 0 Å². The molecular formula is C121H159O9+. The van der Waals surface area contributed by atoms with Gasteiger partial charge < -0.3 is 42.6 Å². The van der Waals surface area contributed by atoms with Crippen LogP contribution in [0.1, 0.15) is 377 Å². The highest BCUT2D eigenvalue weighted by Gasteiger charge is 2.24. The maximum atomic E-state index is 6.55. The normalized spacial score (nSPS) is 11.7. The van der Waals surface area contributed by atoms with Crippen LogP contribution in [0.4, 0.5) is 0 Å². The minimum absolute atomic E-state index is 0.644. The number of hydrogen-bond donors (Lipinski definition) is 0. The Morgan fingerprint density at radius 3 is 0.431 bits per heavy atom. The third-order valence-corrected chi connectivity index (χ3v) is 23.6. The molecular weight excluding hydrogens is 1600 g/mol. The van der Waals surface area contributed by atoms with Crippen LogP contribution in [-0.4, -0.2) is 59.5 Å². The van der Waals surface area contributed by atoms with Gasteiger partial charge in [0, 0.05) is 0 Å². The quantitative estimate of drug-likeness (QED) is 0.0160. The molecule has 696 valence electrons. The molecule has 9 aromatic rings. The fourth-order valence-corrected chi connectivity index (χ4v) is 15.6. The van der Waals surface area contributed by atoms with Gasteiger partial charge in [-0.2, -0.15) is 0 Å². The lowest BCUT2D eigenvalue weighted by molar-refractivity contribution is 0.234. The van der Waals surface area contributed by atoms with Gasteiger partial charge in [-0.1, -0.05) is 381 Å². The van der Waals surface area contributed by atoms with Gasteiger partial charge in [0.2, 0.25) is 17.2 Å². The van der Waals surface area contributed by atoms with Crippen molar-refractivity contribution in [3.8, 4) is 51.7 Å². The van der Waals surface area contributed by atoms with Gasteiger partial charge in [-0.3, -0.25) is 0 Å². The summed E-state index contributed by atoms with van der Waals surface area (Å²) in [5.41, 5.74) is 16.6. The first kappa shape index (κ1) is 103. The smallest absolute Gasteiger partial charge is 0.203 e. The Morgan fingerprint density at radius 1 is 0.154 bits per heavy atom. The summed E-state index contributed by atoms with van der Waals surface area (Å²) in [6.07, 6.45) is 67.2. The second kappa shape index (κ2) is 63.5. The highest BCUT2D eigenvalue weighted by atomic mass is 16.6. The van der Waals surface area contributed by atoms with Crippen LogP contribution in [0.25, 0.3) is 72.9 Å². The van der Waals surface area contributed by atoms with Crippen LogP contribution in [0, 0.1) is 5.92 Å². The van der Waals surface area contributed by atoms with E-state index >= 15 is 0 Å². The molecule has 0 radical (unpaired) electrons. The molecule has 0 aromatic heterocycles. The average Bonchev–Trinajstić information content (AvgIpc) is 0.809. The monoisotopic (exact) mass is 1760 g/mol. The van der Waals surface area contributed by atoms with E-state index in [0.717, 1.165) is 257 Å². The summed E-state index contributed by atoms with van der Waals surface area (Å²) in [5, 5.41) is 0. The molecule has 130 heavy (non-hydrogen) atoms. The van der Waals surface area contributed by atoms with Crippen molar-refractivity contribution in [1.82, 2.24) is 0 Å². The zero-order valence-electron chi connectivity index (χ0n) is 81.2. The summed E-state index contributed by atoms with van der Waals surface area (Å²) >= 11 is 0. The summed E-state index contributed by atoms with van der Waals surface area (Å²) in [6, 6.07) is 66.0. The molecule has 0 fully saturated rings. The molecule has 9 heteroatoms. The minimum atomic E-state index is 0.644. The van der Waals surface area contributed by atoms with Gasteiger partial charge in [-0.15, -0.1) is 0 Å². The van der Waals surface area contributed by atoms with Crippen molar-refractivity contribution in [1.29, 1.82) is 0 Å². The SMILES string of the molecule is CCCCCCOc1cc(/C=C/c2ccc(/C=C/c3ccc([C+](c4ccc(/C=C/c5ccc(/C=C/c6cc(OCCCCCC)c(OCCCCCC)c(OCCCCCC)c6)cc5)cc4)c4ccc(/C=C/c5ccc(/C=C/c6cc(OCCCCCC)c(OCCCCCC)c(OCCCCCC)c6)cc5)cc4)cc3)cc2)cc(OCCCCCC)c1OCCCCCC. The molecule has 0 aliphatic carbocycles. The van der Waals surface area contributed by atoms with Crippen molar-refractivity contribution in [3.05, 3.63) is 271 Å². The second-order valence-electron chi connectivity index (χ2n) is 35.0. The lowest BCUT2D eigenvalue weighted by Crippen LogP contribution is -2.06. The molecule has 0 bridgehead atoms. The Balaban J connectivity index is 0.935. The van der Waals surface area contributed by atoms with E-state index in [4.69, 9.17) is 42.6 Å². The van der Waals surface area contributed by atoms with E-state index in [1.54, 1.807) is 0 Å². The molecule has 0 aliphatic rings. The van der Waals surface area contributed by atoms with E-state index in [2.05, 4.69) is 317 Å². The fraction of sp³-hybridized carbons (Fsp3) is 0.446. The summed E-state index contributed by atoms with van der Waals surface area (Å²) in [5.74, 6) is 7.97. The van der Waals surface area contributed by atoms with Crippen LogP contribution >= 0.6 is 0 Å². The van der Waals surface area contributed by atoms with E-state index in [1.165, 1.54) is 116 Å². The first-order chi connectivity index (χ1) is 64.1. The van der Waals surface area contributed by atoms with Crippen molar-refractivity contribution in [2.24, 2.45) is 0 Å². The van der Waals surface area contributed by atoms with Gasteiger partial charge in [0.1, 0.15) is 0 Å². The summed E-state index contributed by atoms with van der Waals surface area (Å²) in [4.78, 5) is 0. The van der Waals surface area contributed by atoms with E-state index in [-0.39, 0.29) is 0 Å². The van der Waals surface area contributed by atoms with Crippen LogP contribution in [0.2, 0.25) is 0 Å². The topological polar surface area (TPSA) is 83.1 Å². The molecule has 0 aliphatic heterocycles. The lowest BCUT2D eigenvalue weighted by atomic mass is 9.84. The third-order valence-electron chi connectivity index (χ3n) is 23.6. The van der Waals surface area contributed by atoms with Crippen molar-refractivity contribution < 1.29 is 42.6 Å². The van der Waals surface area contributed by atoms with Crippen LogP contribution in [0.3, 0.4) is 0 Å². The maximum absolute atomic E-state index is 6.55. The summed E-state index contributed by atoms with van der Waals surface area (Å²) in [7, 11) is 0. The number of benzene rings is 9. The lowest BCUT2D eigenvalue weighted by Gasteiger charge is -2.18. The van der Waals surface area contributed by atoms with Gasteiger partial charge >= 0.3 is 0 Å². The predicted octanol–water partition coefficient (Wildman–Crippen LogP) is 35.4. The Kier molecular flexibility index (Phi) is 50.4. The van der Waals surface area contributed by atoms with Crippen LogP contribution < -0.4 is 42.6 Å². The van der Waals surface area contributed by atoms with Crippen LogP contribution in [0.15, 0.2) is 182 Å². The Hall–Kier alpha value is -10.5. The molecule has 0 unspecified atom stereocenters. The molecule has 0 saturated heterocycles. The minimum Gasteiger partial charge on any atom is -0.490 e. The van der Waals surface area contributed by atoms with E-state index in [0.29, 0.717) is 59.5 Å². The Labute approximate surface area is 786 Å². The third kappa shape index (κ3) is 38.9. The Bertz CT molecular complexity index is 4130. The van der Waals surface area contributed by atoms with Gasteiger partial charge in [-0.25, -0.2) is 0 Å². The molecule has 0 saturated carbocycles. The zero-order chi connectivity index (χ0) is 91.3. The molecule has 9 rings (SSSR count). The first-order valence-corrected chi connectivity index (χ1v) is 50.9. The molecule has 0 heterocycles. The molecule has 0 spiro atoms. The number of hydrogen-bond acceptors (Lipinski definition) is 9. The van der Waals surface area contributed by atoms with E-state index in [1.807, 2.05) is 0 Å². The largest absolute Gasteiger partial charge is 0.490 e. The van der Waals surface area contributed by atoms with Crippen molar-refractivity contribution in [3.63, 3.8) is 0 Å². The zero-order valence-corrected chi connectivity index (χ0v) is 81.2. The summed E-state index contributed by atoms with van der Waals surface area (Å²) < 4.78 is 58.9.